The van der Waals surface area contributed by atoms with Crippen LogP contribution in [0.1, 0.15) is 23.2 Å². The van der Waals surface area contributed by atoms with Gasteiger partial charge in [0.1, 0.15) is 5.76 Å². The van der Waals surface area contributed by atoms with E-state index in [1.807, 2.05) is 0 Å². The molecule has 0 saturated heterocycles. The highest BCUT2D eigenvalue weighted by Crippen LogP contribution is 2.35. The molecule has 0 aromatic carbocycles. The Kier molecular flexibility index (Phi) is 6.19. The molecule has 14 heteroatoms. The van der Waals surface area contributed by atoms with Gasteiger partial charge in [-0.3, -0.25) is 4.79 Å². The van der Waals surface area contributed by atoms with Crippen LogP contribution in [0.2, 0.25) is 0 Å². The summed E-state index contributed by atoms with van der Waals surface area (Å²) in [6.45, 7) is 1.45. The maximum absolute atomic E-state index is 12.8. The van der Waals surface area contributed by atoms with Gasteiger partial charge in [-0.15, -0.1) is 0 Å². The van der Waals surface area contributed by atoms with Gasteiger partial charge >= 0.3 is 11.3 Å². The number of nitrogens with one attached hydrogen (secondary N) is 2. The summed E-state index contributed by atoms with van der Waals surface area (Å²) in [5, 5.41) is -2.51. The largest absolute Gasteiger partial charge is 0.486 e. The summed E-state index contributed by atoms with van der Waals surface area (Å²) in [7, 11) is -3.17. The summed E-state index contributed by atoms with van der Waals surface area (Å²) in [4.78, 5) is 17.9. The van der Waals surface area contributed by atoms with Crippen LogP contribution in [0.15, 0.2) is 17.2 Å². The molecule has 1 aromatic heterocycles. The standard InChI is InChI=1S/C13H15ClF2N4O5S2/c1-7-4-9(24-3)18-10(17-7)11(21)19-27(22,23)12(2)8(5-26-20-12)25-6-13(14,15)16/h4-5,20H,6H2,1-3H3,(H,19,21). The van der Waals surface area contributed by atoms with E-state index in [0.29, 0.717) is 5.69 Å². The lowest BCUT2D eigenvalue weighted by atomic mass is 10.3. The van der Waals surface area contributed by atoms with Crippen molar-refractivity contribution in [3.05, 3.63) is 28.8 Å². The predicted molar refractivity (Wildman–Crippen MR) is 93.7 cm³/mol. The average Bonchev–Trinajstić information content (AvgIpc) is 2.94. The van der Waals surface area contributed by atoms with Gasteiger partial charge in [-0.25, -0.2) is 22.8 Å². The molecule has 1 unspecified atom stereocenters. The van der Waals surface area contributed by atoms with E-state index >= 15 is 0 Å². The van der Waals surface area contributed by atoms with Gasteiger partial charge in [-0.05, 0) is 37.4 Å². The summed E-state index contributed by atoms with van der Waals surface area (Å²) in [6, 6.07) is 1.45. The fourth-order valence-corrected chi connectivity index (χ4v) is 4.32. The van der Waals surface area contributed by atoms with Crippen molar-refractivity contribution in [3.63, 3.8) is 0 Å². The quantitative estimate of drug-likeness (QED) is 0.476. The molecular formula is C13H15ClF2N4O5S2. The lowest BCUT2D eigenvalue weighted by Crippen LogP contribution is -2.53. The molecule has 2 heterocycles. The van der Waals surface area contributed by atoms with Gasteiger partial charge in [-0.1, -0.05) is 0 Å². The number of hydrogen-bond acceptors (Lipinski definition) is 9. The Morgan fingerprint density at radius 2 is 2.15 bits per heavy atom. The third-order valence-corrected chi connectivity index (χ3v) is 6.22. The van der Waals surface area contributed by atoms with Crippen LogP contribution >= 0.6 is 23.5 Å². The third kappa shape index (κ3) is 4.97. The van der Waals surface area contributed by atoms with E-state index in [9.17, 15) is 22.0 Å². The minimum atomic E-state index is -4.49. The normalized spacial score (nSPS) is 20.1. The molecule has 0 fully saturated rings. The van der Waals surface area contributed by atoms with Crippen molar-refractivity contribution in [3.8, 4) is 5.88 Å². The van der Waals surface area contributed by atoms with Crippen LogP contribution in [-0.2, 0) is 14.8 Å². The number of aryl methyl sites for hydroxylation is 1. The van der Waals surface area contributed by atoms with Crippen LogP contribution in [0.3, 0.4) is 0 Å². The van der Waals surface area contributed by atoms with Gasteiger partial charge in [0.05, 0.1) is 7.11 Å². The molecular weight excluding hydrogens is 430 g/mol. The monoisotopic (exact) mass is 444 g/mol. The Morgan fingerprint density at radius 1 is 1.48 bits per heavy atom. The minimum absolute atomic E-state index is 0.0686. The van der Waals surface area contributed by atoms with Crippen molar-refractivity contribution in [1.29, 1.82) is 0 Å². The topological polar surface area (TPSA) is 120 Å². The molecule has 2 rings (SSSR count). The first-order valence-electron chi connectivity index (χ1n) is 7.17. The molecule has 1 atom stereocenters. The molecule has 0 spiro atoms. The number of amides is 1. The first kappa shape index (κ1) is 21.6. The molecule has 0 bridgehead atoms. The first-order valence-corrected chi connectivity index (χ1v) is 9.91. The SMILES string of the molecule is COc1cc(C)nc(C(=O)NS(=O)(=O)C2(C)NSC=C2OCC(F)(F)Cl)n1. The van der Waals surface area contributed by atoms with Crippen LogP contribution in [-0.4, -0.2) is 48.3 Å². The molecule has 1 aromatic rings. The van der Waals surface area contributed by atoms with Crippen molar-refractivity contribution in [2.75, 3.05) is 13.7 Å². The molecule has 0 aliphatic carbocycles. The van der Waals surface area contributed by atoms with Crippen LogP contribution in [0.5, 0.6) is 5.88 Å². The third-order valence-electron chi connectivity index (χ3n) is 3.29. The summed E-state index contributed by atoms with van der Waals surface area (Å²) < 4.78 is 65.0. The Bertz CT molecular complexity index is 878. The van der Waals surface area contributed by atoms with E-state index in [4.69, 9.17) is 21.1 Å². The van der Waals surface area contributed by atoms with Crippen LogP contribution in [0, 0.1) is 6.92 Å². The number of rotatable bonds is 7. The zero-order valence-electron chi connectivity index (χ0n) is 14.2. The van der Waals surface area contributed by atoms with Gasteiger partial charge in [0, 0.05) is 17.2 Å². The summed E-state index contributed by atoms with van der Waals surface area (Å²) in [5.74, 6) is -1.85. The Morgan fingerprint density at radius 3 is 2.74 bits per heavy atom. The van der Waals surface area contributed by atoms with Gasteiger partial charge in [0.15, 0.2) is 6.61 Å². The van der Waals surface area contributed by atoms with Crippen LogP contribution in [0.25, 0.3) is 0 Å². The zero-order valence-corrected chi connectivity index (χ0v) is 16.6. The molecule has 27 heavy (non-hydrogen) atoms. The number of nitrogens with zero attached hydrogens (tertiary/aromatic N) is 2. The van der Waals surface area contributed by atoms with Gasteiger partial charge in [0.2, 0.25) is 16.6 Å². The molecule has 0 radical (unpaired) electrons. The Balaban J connectivity index is 2.23. The van der Waals surface area contributed by atoms with Gasteiger partial charge < -0.3 is 9.47 Å². The lowest BCUT2D eigenvalue weighted by Gasteiger charge is -2.27. The number of hydrogen-bond donors (Lipinski definition) is 2. The van der Waals surface area contributed by atoms with Crippen molar-refractivity contribution in [1.82, 2.24) is 19.4 Å². The second kappa shape index (κ2) is 7.73. The highest BCUT2D eigenvalue weighted by atomic mass is 35.5. The molecule has 0 saturated carbocycles. The van der Waals surface area contributed by atoms with Crippen molar-refractivity contribution >= 4 is 39.5 Å². The highest BCUT2D eigenvalue weighted by Gasteiger charge is 2.49. The number of halogens is 3. The average molecular weight is 445 g/mol. The number of alkyl halides is 3. The van der Waals surface area contributed by atoms with Crippen LogP contribution < -0.4 is 14.2 Å². The number of carbonyl (C=O) groups excluding carboxylic acids is 1. The molecule has 9 nitrogen and oxygen atoms in total. The minimum Gasteiger partial charge on any atom is -0.486 e. The molecule has 1 amide bonds. The fraction of sp³-hybridized carbons (Fsp3) is 0.462. The van der Waals surface area contributed by atoms with Crippen molar-refractivity contribution in [2.24, 2.45) is 0 Å². The smallest absolute Gasteiger partial charge is 0.355 e. The summed E-state index contributed by atoms with van der Waals surface area (Å²) in [6.07, 6.45) is 0. The second-order valence-corrected chi connectivity index (χ2v) is 8.71. The predicted octanol–water partition coefficient (Wildman–Crippen LogP) is 1.51. The van der Waals surface area contributed by atoms with Crippen molar-refractivity contribution in [2.45, 2.75) is 24.1 Å². The van der Waals surface area contributed by atoms with E-state index in [1.165, 1.54) is 18.6 Å². The maximum Gasteiger partial charge on any atom is 0.355 e. The Hall–Kier alpha value is -1.70. The molecule has 1 aliphatic rings. The fourth-order valence-electron chi connectivity index (χ4n) is 1.89. The summed E-state index contributed by atoms with van der Waals surface area (Å²) >= 11 is 5.56. The van der Waals surface area contributed by atoms with Gasteiger partial charge in [0.25, 0.3) is 10.0 Å². The van der Waals surface area contributed by atoms with Crippen LogP contribution in [0.4, 0.5) is 8.78 Å². The number of methoxy groups -OCH3 is 1. The Labute approximate surface area is 163 Å². The number of aromatic nitrogens is 2. The number of carbonyl (C=O) groups is 1. The van der Waals surface area contributed by atoms with E-state index in [-0.39, 0.29) is 11.6 Å². The van der Waals surface area contributed by atoms with E-state index < -0.39 is 38.6 Å². The van der Waals surface area contributed by atoms with E-state index in [1.54, 1.807) is 11.6 Å². The second-order valence-electron chi connectivity index (χ2n) is 5.45. The number of ether oxygens (including phenoxy) is 2. The van der Waals surface area contributed by atoms with E-state index in [2.05, 4.69) is 14.7 Å². The summed E-state index contributed by atoms with van der Waals surface area (Å²) in [5.41, 5.74) is 0.374. The van der Waals surface area contributed by atoms with Gasteiger partial charge in [-0.2, -0.15) is 13.8 Å². The highest BCUT2D eigenvalue weighted by molar-refractivity contribution is 8.02. The zero-order chi connectivity index (χ0) is 20.5. The lowest BCUT2D eigenvalue weighted by molar-refractivity contribution is 0.00707. The first-order chi connectivity index (χ1) is 12.4. The van der Waals surface area contributed by atoms with Crippen molar-refractivity contribution < 1.29 is 31.5 Å². The van der Waals surface area contributed by atoms with E-state index in [0.717, 1.165) is 18.9 Å². The molecule has 2 N–H and O–H groups in total. The number of sulfonamides is 1. The molecule has 1 aliphatic heterocycles. The maximum atomic E-state index is 12.8. The molecule has 150 valence electrons.